The smallest absolute Gasteiger partial charge is 0.0897 e. The van der Waals surface area contributed by atoms with Crippen LogP contribution in [0.2, 0.25) is 5.02 Å². The summed E-state index contributed by atoms with van der Waals surface area (Å²) in [7, 11) is 0. The minimum absolute atomic E-state index is 0.306. The summed E-state index contributed by atoms with van der Waals surface area (Å²) in [5, 5.41) is 13.3. The third-order valence-corrected chi connectivity index (χ3v) is 2.45. The fourth-order valence-corrected chi connectivity index (χ4v) is 1.45. The third kappa shape index (κ3) is 6.61. The molecule has 0 amide bonds. The lowest BCUT2D eigenvalue weighted by atomic mass is 10.2. The summed E-state index contributed by atoms with van der Waals surface area (Å²) in [5.74, 6) is 0. The lowest BCUT2D eigenvalue weighted by Crippen LogP contribution is -2.33. The Morgan fingerprint density at radius 3 is 2.71 bits per heavy atom. The van der Waals surface area contributed by atoms with Crippen molar-refractivity contribution in [1.82, 2.24) is 5.32 Å². The highest BCUT2D eigenvalue weighted by Gasteiger charge is 2.03. The molecule has 0 saturated carbocycles. The fraction of sp³-hybridized carbons (Fsp3) is 0.500. The zero-order valence-corrected chi connectivity index (χ0v) is 10.5. The highest BCUT2D eigenvalue weighted by Crippen LogP contribution is 2.10. The van der Waals surface area contributed by atoms with Gasteiger partial charge in [0.2, 0.25) is 0 Å². The van der Waals surface area contributed by atoms with Gasteiger partial charge in [-0.1, -0.05) is 23.7 Å². The fourth-order valence-electron chi connectivity index (χ4n) is 1.32. The van der Waals surface area contributed by atoms with Gasteiger partial charge in [0.25, 0.3) is 0 Å². The first kappa shape index (κ1) is 14.4. The number of aliphatic hydroxyl groups is 1. The van der Waals surface area contributed by atoms with Gasteiger partial charge in [0.15, 0.2) is 0 Å². The quantitative estimate of drug-likeness (QED) is 0.603. The van der Waals surface area contributed by atoms with E-state index >= 15 is 0 Å². The maximum absolute atomic E-state index is 9.55. The van der Waals surface area contributed by atoms with Crippen molar-refractivity contribution in [3.8, 4) is 0 Å². The predicted molar refractivity (Wildman–Crippen MR) is 69.0 cm³/mol. The maximum atomic E-state index is 9.55. The second kappa shape index (κ2) is 8.44. The summed E-state index contributed by atoms with van der Waals surface area (Å²) >= 11 is 5.77. The van der Waals surface area contributed by atoms with Gasteiger partial charge in [-0.3, -0.25) is 0 Å². The SMILES string of the molecule is NCCNCC(O)COCc1ccc(Cl)cc1. The molecular weight excluding hydrogens is 240 g/mol. The topological polar surface area (TPSA) is 67.5 Å². The Bertz CT molecular complexity index is 306. The summed E-state index contributed by atoms with van der Waals surface area (Å²) in [6.45, 7) is 2.55. The molecule has 4 nitrogen and oxygen atoms in total. The monoisotopic (exact) mass is 258 g/mol. The highest BCUT2D eigenvalue weighted by molar-refractivity contribution is 6.30. The molecule has 1 rings (SSSR count). The Hall–Kier alpha value is -0.650. The van der Waals surface area contributed by atoms with Crippen LogP contribution in [0.25, 0.3) is 0 Å². The number of ether oxygens (including phenoxy) is 1. The number of nitrogens with two attached hydrogens (primary N) is 1. The van der Waals surface area contributed by atoms with Crippen molar-refractivity contribution in [1.29, 1.82) is 0 Å². The largest absolute Gasteiger partial charge is 0.389 e. The van der Waals surface area contributed by atoms with Gasteiger partial charge in [0, 0.05) is 24.7 Å². The zero-order chi connectivity index (χ0) is 12.5. The second-order valence-electron chi connectivity index (χ2n) is 3.79. The zero-order valence-electron chi connectivity index (χ0n) is 9.73. The van der Waals surface area contributed by atoms with Gasteiger partial charge in [-0.25, -0.2) is 0 Å². The van der Waals surface area contributed by atoms with E-state index < -0.39 is 6.10 Å². The van der Waals surface area contributed by atoms with Gasteiger partial charge in [-0.15, -0.1) is 0 Å². The van der Waals surface area contributed by atoms with Crippen LogP contribution in [0, 0.1) is 0 Å². The molecule has 0 aliphatic carbocycles. The first-order chi connectivity index (χ1) is 8.22. The summed E-state index contributed by atoms with van der Waals surface area (Å²) in [4.78, 5) is 0. The van der Waals surface area contributed by atoms with Crippen molar-refractivity contribution in [3.63, 3.8) is 0 Å². The van der Waals surface area contributed by atoms with Crippen LogP contribution in [0.4, 0.5) is 0 Å². The van der Waals surface area contributed by atoms with Crippen molar-refractivity contribution < 1.29 is 9.84 Å². The molecule has 5 heteroatoms. The molecular formula is C12H19ClN2O2. The average molecular weight is 259 g/mol. The molecule has 0 saturated heterocycles. The Morgan fingerprint density at radius 1 is 1.35 bits per heavy atom. The number of hydrogen-bond acceptors (Lipinski definition) is 4. The van der Waals surface area contributed by atoms with E-state index in [1.807, 2.05) is 24.3 Å². The van der Waals surface area contributed by atoms with E-state index in [0.29, 0.717) is 37.9 Å². The van der Waals surface area contributed by atoms with Gasteiger partial charge in [-0.05, 0) is 17.7 Å². The summed E-state index contributed by atoms with van der Waals surface area (Å²) < 4.78 is 5.39. The van der Waals surface area contributed by atoms with E-state index in [2.05, 4.69) is 5.32 Å². The van der Waals surface area contributed by atoms with E-state index in [4.69, 9.17) is 22.1 Å². The van der Waals surface area contributed by atoms with E-state index in [1.165, 1.54) is 0 Å². The normalized spacial score (nSPS) is 12.6. The first-order valence-electron chi connectivity index (χ1n) is 5.63. The molecule has 4 N–H and O–H groups in total. The molecule has 1 aromatic rings. The molecule has 0 radical (unpaired) electrons. The van der Waals surface area contributed by atoms with E-state index in [-0.39, 0.29) is 0 Å². The highest BCUT2D eigenvalue weighted by atomic mass is 35.5. The van der Waals surface area contributed by atoms with Gasteiger partial charge < -0.3 is 20.9 Å². The number of benzene rings is 1. The minimum atomic E-state index is -0.506. The van der Waals surface area contributed by atoms with Crippen LogP contribution >= 0.6 is 11.6 Å². The third-order valence-electron chi connectivity index (χ3n) is 2.19. The van der Waals surface area contributed by atoms with E-state index in [9.17, 15) is 5.11 Å². The van der Waals surface area contributed by atoms with Crippen molar-refractivity contribution in [2.45, 2.75) is 12.7 Å². The molecule has 0 aliphatic rings. The standard InChI is InChI=1S/C12H19ClN2O2/c13-11-3-1-10(2-4-11)8-17-9-12(16)7-15-6-5-14/h1-4,12,15-16H,5-9,14H2. The lowest BCUT2D eigenvalue weighted by Gasteiger charge is -2.12. The van der Waals surface area contributed by atoms with Crippen LogP contribution in [0.3, 0.4) is 0 Å². The van der Waals surface area contributed by atoms with Gasteiger partial charge in [0.05, 0.1) is 19.3 Å². The van der Waals surface area contributed by atoms with Crippen molar-refractivity contribution in [2.24, 2.45) is 5.73 Å². The minimum Gasteiger partial charge on any atom is -0.389 e. The second-order valence-corrected chi connectivity index (χ2v) is 4.22. The number of aliphatic hydroxyl groups excluding tert-OH is 1. The van der Waals surface area contributed by atoms with Gasteiger partial charge >= 0.3 is 0 Å². The Labute approximate surface area is 107 Å². The molecule has 1 aromatic carbocycles. The molecule has 0 aliphatic heterocycles. The Kier molecular flexibility index (Phi) is 7.16. The molecule has 96 valence electrons. The van der Waals surface area contributed by atoms with E-state index in [0.717, 1.165) is 5.56 Å². The van der Waals surface area contributed by atoms with Gasteiger partial charge in [0.1, 0.15) is 0 Å². The summed E-state index contributed by atoms with van der Waals surface area (Å²) in [6.07, 6.45) is -0.506. The van der Waals surface area contributed by atoms with Crippen LogP contribution in [-0.4, -0.2) is 37.5 Å². The van der Waals surface area contributed by atoms with Gasteiger partial charge in [-0.2, -0.15) is 0 Å². The molecule has 0 bridgehead atoms. The van der Waals surface area contributed by atoms with Crippen LogP contribution in [0.5, 0.6) is 0 Å². The van der Waals surface area contributed by atoms with E-state index in [1.54, 1.807) is 0 Å². The summed E-state index contributed by atoms with van der Waals surface area (Å²) in [6, 6.07) is 7.45. The van der Waals surface area contributed by atoms with Crippen molar-refractivity contribution >= 4 is 11.6 Å². The molecule has 0 heterocycles. The van der Waals surface area contributed by atoms with Crippen LogP contribution in [0.15, 0.2) is 24.3 Å². The molecule has 0 spiro atoms. The number of hydrogen-bond donors (Lipinski definition) is 3. The van der Waals surface area contributed by atoms with Crippen LogP contribution in [0.1, 0.15) is 5.56 Å². The predicted octanol–water partition coefficient (Wildman–Crippen LogP) is 0.766. The molecule has 0 fully saturated rings. The molecule has 17 heavy (non-hydrogen) atoms. The molecule has 0 aromatic heterocycles. The molecule has 1 atom stereocenters. The Balaban J connectivity index is 2.12. The lowest BCUT2D eigenvalue weighted by molar-refractivity contribution is 0.0291. The van der Waals surface area contributed by atoms with Crippen LogP contribution < -0.4 is 11.1 Å². The maximum Gasteiger partial charge on any atom is 0.0897 e. The van der Waals surface area contributed by atoms with Crippen LogP contribution in [-0.2, 0) is 11.3 Å². The first-order valence-corrected chi connectivity index (χ1v) is 6.01. The van der Waals surface area contributed by atoms with Crippen molar-refractivity contribution in [3.05, 3.63) is 34.9 Å². The summed E-state index contributed by atoms with van der Waals surface area (Å²) in [5.41, 5.74) is 6.36. The number of rotatable bonds is 8. The number of halogens is 1. The Morgan fingerprint density at radius 2 is 2.06 bits per heavy atom. The average Bonchev–Trinajstić information content (AvgIpc) is 2.32. The molecule has 1 unspecified atom stereocenters. The number of nitrogens with one attached hydrogen (secondary N) is 1. The van der Waals surface area contributed by atoms with Crippen molar-refractivity contribution in [2.75, 3.05) is 26.2 Å².